The lowest BCUT2D eigenvalue weighted by Gasteiger charge is -2.10. The topological polar surface area (TPSA) is 129 Å². The molecule has 0 saturated carbocycles. The average Bonchev–Trinajstić information content (AvgIpc) is 2.63. The predicted molar refractivity (Wildman–Crippen MR) is 98.4 cm³/mol. The van der Waals surface area contributed by atoms with E-state index in [1.54, 1.807) is 42.6 Å². The van der Waals surface area contributed by atoms with Gasteiger partial charge in [-0.25, -0.2) is 4.98 Å². The van der Waals surface area contributed by atoms with Crippen LogP contribution in [0.5, 0.6) is 11.6 Å². The van der Waals surface area contributed by atoms with Crippen LogP contribution in [0.2, 0.25) is 0 Å². The van der Waals surface area contributed by atoms with E-state index < -0.39 is 5.56 Å². The van der Waals surface area contributed by atoms with Gasteiger partial charge >= 0.3 is 0 Å². The fourth-order valence-corrected chi connectivity index (χ4v) is 2.62. The summed E-state index contributed by atoms with van der Waals surface area (Å²) in [6.45, 7) is 0. The van der Waals surface area contributed by atoms with E-state index in [1.165, 1.54) is 0 Å². The number of ether oxygens (including phenoxy) is 1. The van der Waals surface area contributed by atoms with Crippen molar-refractivity contribution in [1.82, 2.24) is 9.97 Å². The Labute approximate surface area is 156 Å². The predicted octanol–water partition coefficient (Wildman–Crippen LogP) is 3.32. The van der Waals surface area contributed by atoms with E-state index in [-0.39, 0.29) is 22.5 Å². The molecule has 0 atom stereocenters. The van der Waals surface area contributed by atoms with Crippen LogP contribution in [-0.4, -0.2) is 9.97 Å². The van der Waals surface area contributed by atoms with Crippen molar-refractivity contribution in [2.45, 2.75) is 0 Å². The minimum absolute atomic E-state index is 0.0278. The minimum Gasteiger partial charge on any atom is -0.439 e. The number of benzene rings is 1. The number of nitrogens with two attached hydrogens (primary N) is 1. The number of nitrogens with zero attached hydrogens (tertiary/aromatic N) is 3. The van der Waals surface area contributed by atoms with E-state index in [1.807, 2.05) is 12.1 Å². The highest BCUT2D eigenvalue weighted by atomic mass is 79.9. The first-order valence-electron chi connectivity index (χ1n) is 7.29. The van der Waals surface area contributed by atoms with E-state index in [4.69, 9.17) is 10.5 Å². The van der Waals surface area contributed by atoms with Gasteiger partial charge in [-0.15, -0.1) is 0 Å². The van der Waals surface area contributed by atoms with E-state index in [2.05, 4.69) is 25.9 Å². The summed E-state index contributed by atoms with van der Waals surface area (Å²) in [5.41, 5.74) is 5.56. The molecule has 0 amide bonds. The van der Waals surface area contributed by atoms with Crippen LogP contribution in [0.25, 0.3) is 11.1 Å². The third-order valence-electron chi connectivity index (χ3n) is 3.51. The van der Waals surface area contributed by atoms with E-state index in [0.29, 0.717) is 17.2 Å². The molecule has 0 saturated heterocycles. The number of H-pyrrole nitrogens is 1. The van der Waals surface area contributed by atoms with Gasteiger partial charge in [0.05, 0.1) is 0 Å². The van der Waals surface area contributed by atoms with Gasteiger partial charge in [0.1, 0.15) is 34.8 Å². The standard InChI is InChI=1S/C18H10BrN5O2/c19-11-4-5-15(23-9-11)26-12-3-1-2-10(6-12)16-13(7-20)17(22)24-18(25)14(16)8-21/h1-6,9H,(H3,22,24,25). The number of nitrogens with one attached hydrogen (secondary N) is 1. The van der Waals surface area contributed by atoms with Crippen LogP contribution in [0.4, 0.5) is 5.82 Å². The third-order valence-corrected chi connectivity index (χ3v) is 3.98. The van der Waals surface area contributed by atoms with Gasteiger partial charge in [0, 0.05) is 22.3 Å². The molecule has 26 heavy (non-hydrogen) atoms. The quantitative estimate of drug-likeness (QED) is 0.684. The summed E-state index contributed by atoms with van der Waals surface area (Å²) in [4.78, 5) is 18.5. The zero-order chi connectivity index (χ0) is 18.7. The number of anilines is 1. The van der Waals surface area contributed by atoms with Crippen molar-refractivity contribution in [2.24, 2.45) is 0 Å². The smallest absolute Gasteiger partial charge is 0.268 e. The second-order valence-corrected chi connectivity index (χ2v) is 6.08. The van der Waals surface area contributed by atoms with Crippen LogP contribution in [-0.2, 0) is 0 Å². The Hall–Kier alpha value is -3.62. The molecule has 3 rings (SSSR count). The molecule has 0 spiro atoms. The van der Waals surface area contributed by atoms with Crippen LogP contribution in [0.15, 0.2) is 51.9 Å². The first kappa shape index (κ1) is 17.2. The number of aromatic amines is 1. The molecule has 0 radical (unpaired) electrons. The Morgan fingerprint density at radius 3 is 2.58 bits per heavy atom. The molecule has 0 aliphatic carbocycles. The van der Waals surface area contributed by atoms with Gasteiger partial charge in [0.25, 0.3) is 5.56 Å². The molecule has 0 fully saturated rings. The first-order valence-corrected chi connectivity index (χ1v) is 8.08. The van der Waals surface area contributed by atoms with Gasteiger partial charge in [-0.3, -0.25) is 4.79 Å². The lowest BCUT2D eigenvalue weighted by atomic mass is 9.96. The third kappa shape index (κ3) is 3.27. The van der Waals surface area contributed by atoms with Crippen LogP contribution in [0.1, 0.15) is 11.1 Å². The second-order valence-electron chi connectivity index (χ2n) is 5.16. The summed E-state index contributed by atoms with van der Waals surface area (Å²) in [7, 11) is 0. The van der Waals surface area contributed by atoms with Crippen molar-refractivity contribution in [3.63, 3.8) is 0 Å². The number of pyridine rings is 2. The largest absolute Gasteiger partial charge is 0.439 e. The normalized spacial score (nSPS) is 9.96. The summed E-state index contributed by atoms with van der Waals surface area (Å²) >= 11 is 3.29. The molecule has 0 aliphatic heterocycles. The molecule has 2 heterocycles. The SMILES string of the molecule is N#Cc1c(N)[nH]c(=O)c(C#N)c1-c1cccc(Oc2ccc(Br)cn2)c1. The second kappa shape index (κ2) is 7.09. The van der Waals surface area contributed by atoms with Crippen LogP contribution in [0.3, 0.4) is 0 Å². The highest BCUT2D eigenvalue weighted by Gasteiger charge is 2.18. The van der Waals surface area contributed by atoms with Gasteiger partial charge in [0.2, 0.25) is 5.88 Å². The maximum absolute atomic E-state index is 12.0. The van der Waals surface area contributed by atoms with Gasteiger partial charge in [-0.1, -0.05) is 12.1 Å². The summed E-state index contributed by atoms with van der Waals surface area (Å²) in [5.74, 6) is 0.716. The zero-order valence-corrected chi connectivity index (χ0v) is 14.7. The van der Waals surface area contributed by atoms with Gasteiger partial charge < -0.3 is 15.5 Å². The molecular weight excluding hydrogens is 398 g/mol. The van der Waals surface area contributed by atoms with Crippen molar-refractivity contribution in [2.75, 3.05) is 5.73 Å². The van der Waals surface area contributed by atoms with Crippen molar-refractivity contribution >= 4 is 21.7 Å². The Morgan fingerprint density at radius 1 is 1.15 bits per heavy atom. The Balaban J connectivity index is 2.12. The molecule has 3 N–H and O–H groups in total. The van der Waals surface area contributed by atoms with Crippen molar-refractivity contribution in [3.05, 3.63) is 68.5 Å². The number of hydrogen-bond acceptors (Lipinski definition) is 6. The summed E-state index contributed by atoms with van der Waals surface area (Å²) in [5, 5.41) is 18.7. The minimum atomic E-state index is -0.653. The van der Waals surface area contributed by atoms with Crippen LogP contribution < -0.4 is 16.0 Å². The van der Waals surface area contributed by atoms with E-state index >= 15 is 0 Å². The van der Waals surface area contributed by atoms with Gasteiger partial charge in [0.15, 0.2) is 0 Å². The molecule has 7 nitrogen and oxygen atoms in total. The molecule has 0 unspecified atom stereocenters. The molecule has 0 aliphatic rings. The summed E-state index contributed by atoms with van der Waals surface area (Å²) in [6, 6.07) is 13.9. The van der Waals surface area contributed by atoms with Crippen LogP contribution in [0, 0.1) is 22.7 Å². The number of rotatable bonds is 3. The van der Waals surface area contributed by atoms with Gasteiger partial charge in [-0.2, -0.15) is 10.5 Å². The number of aromatic nitrogens is 2. The van der Waals surface area contributed by atoms with Crippen molar-refractivity contribution in [1.29, 1.82) is 10.5 Å². The van der Waals surface area contributed by atoms with E-state index in [0.717, 1.165) is 4.47 Å². The number of nitriles is 2. The molecule has 1 aromatic carbocycles. The molecule has 8 heteroatoms. The number of hydrogen-bond donors (Lipinski definition) is 2. The first-order chi connectivity index (χ1) is 12.5. The maximum Gasteiger partial charge on any atom is 0.268 e. The molecule has 2 aromatic heterocycles. The molecule has 0 bridgehead atoms. The highest BCUT2D eigenvalue weighted by Crippen LogP contribution is 2.31. The Bertz CT molecular complexity index is 1120. The summed E-state index contributed by atoms with van der Waals surface area (Å²) < 4.78 is 6.50. The average molecular weight is 408 g/mol. The fraction of sp³-hybridized carbons (Fsp3) is 0. The van der Waals surface area contributed by atoms with E-state index in [9.17, 15) is 15.3 Å². The zero-order valence-electron chi connectivity index (χ0n) is 13.2. The van der Waals surface area contributed by atoms with Crippen molar-refractivity contribution in [3.8, 4) is 34.9 Å². The monoisotopic (exact) mass is 407 g/mol. The Morgan fingerprint density at radius 2 is 1.92 bits per heavy atom. The van der Waals surface area contributed by atoms with Gasteiger partial charge in [-0.05, 0) is 39.7 Å². The Kier molecular flexibility index (Phi) is 4.70. The van der Waals surface area contributed by atoms with Crippen molar-refractivity contribution < 1.29 is 4.74 Å². The number of nitrogen functional groups attached to an aromatic ring is 1. The number of halogens is 1. The molecular formula is C18H10BrN5O2. The lowest BCUT2D eigenvalue weighted by Crippen LogP contribution is -2.16. The highest BCUT2D eigenvalue weighted by molar-refractivity contribution is 9.10. The summed E-state index contributed by atoms with van der Waals surface area (Å²) in [6.07, 6.45) is 1.60. The lowest BCUT2D eigenvalue weighted by molar-refractivity contribution is 0.463. The molecule has 3 aromatic rings. The molecule has 126 valence electrons. The van der Waals surface area contributed by atoms with Crippen LogP contribution >= 0.6 is 15.9 Å². The maximum atomic E-state index is 12.0. The fourth-order valence-electron chi connectivity index (χ4n) is 2.39.